The number of carbonyl (C=O) groups excluding carboxylic acids is 3. The Labute approximate surface area is 452 Å². The summed E-state index contributed by atoms with van der Waals surface area (Å²) in [6.45, 7) is 14.0. The second-order valence-corrected chi connectivity index (χ2v) is 22.7. The predicted molar refractivity (Wildman–Crippen MR) is 294 cm³/mol. The van der Waals surface area contributed by atoms with Crippen LogP contribution in [0.15, 0.2) is 24.8 Å². The van der Waals surface area contributed by atoms with E-state index in [9.17, 15) is 50.1 Å². The van der Waals surface area contributed by atoms with Crippen molar-refractivity contribution in [3.8, 4) is 0 Å². The number of nitrogens with one attached hydrogen (secondary N) is 2. The number of aromatic nitrogens is 4. The third-order valence-corrected chi connectivity index (χ3v) is 17.8. The van der Waals surface area contributed by atoms with Gasteiger partial charge in [0.15, 0.2) is 0 Å². The summed E-state index contributed by atoms with van der Waals surface area (Å²) in [6, 6.07) is 6.01. The zero-order valence-corrected chi connectivity index (χ0v) is 46.4. The number of aromatic amines is 2. The number of hydrogen-bond acceptors (Lipinski definition) is 17. The van der Waals surface area contributed by atoms with E-state index in [1.807, 2.05) is 39.0 Å². The van der Waals surface area contributed by atoms with Gasteiger partial charge in [-0.3, -0.25) is 14.6 Å². The second kappa shape index (κ2) is 25.9. The number of fused-ring (bicyclic) bond motifs is 8. The van der Waals surface area contributed by atoms with E-state index in [0.717, 1.165) is 44.3 Å². The standard InChI is InChI=1S/C55H76N6O13S2/c1-10-31-27(3)35-21-37-29(5)33(14-15-44(65)60(7)16-13-19-76-55-53(70)52(69)51(68)43(26-63)74-55)48(58-37)34(20-45(66)61(8)17-12-18-75-46-24-41(64)50(67)42(25-62)73-46)49-47(54(71)72-9)30(6)38(59-49)23-40-32(11-2)28(4)36(57-40)22-39(31)56-35/h10,21-23,29,33,41-43,46,50-53,55-57,62-64,67-70H,1,11-20,24-26H2,2-9H3/t29-,33-,41+,42+,43+,46-,50-,51+,52-,53+,55-/m0/s1. The van der Waals surface area contributed by atoms with Crippen LogP contribution in [0.3, 0.4) is 0 Å². The Hall–Kier alpha value is -4.65. The summed E-state index contributed by atoms with van der Waals surface area (Å²) in [5, 5.41) is 70.8. The topological polar surface area (TPSA) is 284 Å². The number of rotatable bonds is 20. The number of nitrogens with zero attached hydrogens (tertiary/aromatic N) is 4. The van der Waals surface area contributed by atoms with Crippen molar-refractivity contribution in [3.63, 3.8) is 0 Å². The van der Waals surface area contributed by atoms with Crippen LogP contribution in [-0.4, -0.2) is 196 Å². The number of aliphatic hydroxyl groups excluding tert-OH is 7. The van der Waals surface area contributed by atoms with E-state index in [0.29, 0.717) is 78.5 Å². The molecule has 0 aromatic carbocycles. The first-order valence-corrected chi connectivity index (χ1v) is 28.2. The molecule has 9 N–H and O–H groups in total. The Balaban J connectivity index is 1.26. The predicted octanol–water partition coefficient (Wildman–Crippen LogP) is 4.24. The van der Waals surface area contributed by atoms with E-state index < -0.39 is 78.7 Å². The van der Waals surface area contributed by atoms with Gasteiger partial charge in [0.25, 0.3) is 0 Å². The lowest BCUT2D eigenvalue weighted by Gasteiger charge is -2.39. The number of likely N-dealkylation sites (N-methyl/N-ethyl adjacent to an activating group) is 1. The first kappa shape index (κ1) is 59.0. The average molecular weight is 1090 g/mol. The third kappa shape index (κ3) is 12.6. The van der Waals surface area contributed by atoms with E-state index in [1.54, 1.807) is 23.9 Å². The molecule has 2 saturated heterocycles. The Kier molecular flexibility index (Phi) is 20.1. The van der Waals surface area contributed by atoms with Gasteiger partial charge >= 0.3 is 5.97 Å². The normalized spacial score (nSPS) is 25.6. The molecule has 8 bridgehead atoms. The molecule has 7 rings (SSSR count). The van der Waals surface area contributed by atoms with Crippen molar-refractivity contribution in [2.75, 3.05) is 59.0 Å². The fourth-order valence-electron chi connectivity index (χ4n) is 10.6. The Bertz CT molecular complexity index is 2820. The molecule has 2 amide bonds. The van der Waals surface area contributed by atoms with Gasteiger partial charge in [-0.1, -0.05) is 26.5 Å². The molecule has 21 heteroatoms. The minimum absolute atomic E-state index is 0.113. The molecule has 11 atom stereocenters. The fraction of sp³-hybridized carbons (Fsp3) is 0.582. The van der Waals surface area contributed by atoms with Gasteiger partial charge in [0.2, 0.25) is 11.8 Å². The molecule has 416 valence electrons. The SMILES string of the molecule is C=Cc1c(C)c2cc3nc(c(CC(=O)N(C)CCCS[C@H]4C[C@@H](O)[C@H](O)[C@@H](CO)O4)c4nc(cc5[nH]c(cc1[nH]2)c(C)c5CC)C(C)=C4C(=O)OC)[C@@H](CCC(=O)N(C)CCCS[C@@H]1O[C@H](CO)[C@@H](O)[C@H](O)[C@H]1O)[C@@H]3C. The number of hydrogen-bond donors (Lipinski definition) is 9. The van der Waals surface area contributed by atoms with Crippen LogP contribution in [-0.2, 0) is 41.4 Å². The van der Waals surface area contributed by atoms with Crippen molar-refractivity contribution in [1.29, 1.82) is 0 Å². The number of methoxy groups -OCH3 is 1. The molecule has 3 aromatic heterocycles. The molecule has 19 nitrogen and oxygen atoms in total. The summed E-state index contributed by atoms with van der Waals surface area (Å²) in [5.74, 6) is -0.725. The highest BCUT2D eigenvalue weighted by Crippen LogP contribution is 2.44. The molecule has 0 radical (unpaired) electrons. The summed E-state index contributed by atoms with van der Waals surface area (Å²) < 4.78 is 16.9. The summed E-state index contributed by atoms with van der Waals surface area (Å²) in [4.78, 5) is 64.0. The monoisotopic (exact) mass is 1090 g/mol. The maximum absolute atomic E-state index is 14.7. The number of esters is 1. The van der Waals surface area contributed by atoms with Crippen LogP contribution in [0.1, 0.15) is 115 Å². The minimum Gasteiger partial charge on any atom is -0.465 e. The van der Waals surface area contributed by atoms with Crippen LogP contribution in [0.25, 0.3) is 39.3 Å². The lowest BCUT2D eigenvalue weighted by atomic mass is 9.84. The number of allylic oxidation sites excluding steroid dienone is 1. The maximum Gasteiger partial charge on any atom is 0.340 e. The molecule has 7 heterocycles. The van der Waals surface area contributed by atoms with E-state index in [4.69, 9.17) is 24.2 Å². The highest BCUT2D eigenvalue weighted by atomic mass is 32.2. The highest BCUT2D eigenvalue weighted by molar-refractivity contribution is 8.00. The largest absolute Gasteiger partial charge is 0.465 e. The maximum atomic E-state index is 14.7. The van der Waals surface area contributed by atoms with Crippen LogP contribution < -0.4 is 0 Å². The Morgan fingerprint density at radius 2 is 1.46 bits per heavy atom. The van der Waals surface area contributed by atoms with Gasteiger partial charge < -0.3 is 69.7 Å². The number of aliphatic hydroxyl groups is 7. The Morgan fingerprint density at radius 3 is 2.12 bits per heavy atom. The van der Waals surface area contributed by atoms with Crippen LogP contribution in [0.4, 0.5) is 0 Å². The number of H-pyrrole nitrogens is 2. The minimum atomic E-state index is -1.48. The molecule has 4 aliphatic heterocycles. The third-order valence-electron chi connectivity index (χ3n) is 15.4. The molecular weight excluding hydrogens is 1020 g/mol. The molecule has 3 aromatic rings. The molecule has 76 heavy (non-hydrogen) atoms. The first-order valence-electron chi connectivity index (χ1n) is 26.1. The van der Waals surface area contributed by atoms with Crippen LogP contribution in [0, 0.1) is 13.8 Å². The van der Waals surface area contributed by atoms with Crippen molar-refractivity contribution in [3.05, 3.63) is 75.4 Å². The van der Waals surface area contributed by atoms with Gasteiger partial charge in [0.05, 0.1) is 55.5 Å². The Morgan fingerprint density at radius 1 is 0.816 bits per heavy atom. The molecule has 4 aliphatic rings. The van der Waals surface area contributed by atoms with Crippen LogP contribution in [0.2, 0.25) is 0 Å². The van der Waals surface area contributed by atoms with Gasteiger partial charge in [-0.2, -0.15) is 0 Å². The van der Waals surface area contributed by atoms with Gasteiger partial charge in [-0.05, 0) is 98.4 Å². The van der Waals surface area contributed by atoms with E-state index >= 15 is 0 Å². The van der Waals surface area contributed by atoms with E-state index in [1.165, 1.54) is 30.6 Å². The first-order chi connectivity index (χ1) is 36.3. The summed E-state index contributed by atoms with van der Waals surface area (Å²) in [5.41, 5.74) is 9.28. The molecular formula is C55H76N6O13S2. The van der Waals surface area contributed by atoms with Crippen molar-refractivity contribution in [1.82, 2.24) is 29.7 Å². The molecule has 2 fully saturated rings. The number of ether oxygens (including phenoxy) is 3. The van der Waals surface area contributed by atoms with E-state index in [-0.39, 0.29) is 48.3 Å². The van der Waals surface area contributed by atoms with Crippen molar-refractivity contribution >= 4 is 80.6 Å². The molecule has 0 spiro atoms. The number of amides is 2. The summed E-state index contributed by atoms with van der Waals surface area (Å²) in [6.07, 6.45) is -4.36. The summed E-state index contributed by atoms with van der Waals surface area (Å²) >= 11 is 2.66. The average Bonchev–Trinajstić information content (AvgIpc) is 4.10. The van der Waals surface area contributed by atoms with Crippen molar-refractivity contribution in [2.24, 2.45) is 0 Å². The van der Waals surface area contributed by atoms with Gasteiger partial charge in [-0.15, -0.1) is 23.5 Å². The molecule has 0 aliphatic carbocycles. The van der Waals surface area contributed by atoms with Crippen LogP contribution >= 0.6 is 23.5 Å². The lowest BCUT2D eigenvalue weighted by molar-refractivity contribution is -0.205. The number of thioether (sulfide) groups is 2. The van der Waals surface area contributed by atoms with Gasteiger partial charge in [0, 0.05) is 90.7 Å². The highest BCUT2D eigenvalue weighted by Gasteiger charge is 2.44. The second-order valence-electron chi connectivity index (χ2n) is 20.2. The van der Waals surface area contributed by atoms with Gasteiger partial charge in [-0.25, -0.2) is 9.78 Å². The quantitative estimate of drug-likeness (QED) is 0.0565. The molecule has 0 unspecified atom stereocenters. The lowest BCUT2D eigenvalue weighted by Crippen LogP contribution is -2.57. The summed E-state index contributed by atoms with van der Waals surface area (Å²) in [7, 11) is 4.74. The number of aryl methyl sites for hydroxylation is 3. The fourth-order valence-corrected chi connectivity index (χ4v) is 12.8. The van der Waals surface area contributed by atoms with Crippen molar-refractivity contribution < 1.29 is 64.3 Å². The zero-order chi connectivity index (χ0) is 55.3. The van der Waals surface area contributed by atoms with E-state index in [2.05, 4.69) is 36.5 Å². The van der Waals surface area contributed by atoms with Crippen molar-refractivity contribution in [2.45, 2.75) is 145 Å². The zero-order valence-electron chi connectivity index (χ0n) is 44.7. The smallest absolute Gasteiger partial charge is 0.340 e. The number of carbonyl (C=O) groups is 3. The molecule has 0 saturated carbocycles. The van der Waals surface area contributed by atoms with Gasteiger partial charge in [0.1, 0.15) is 47.5 Å². The van der Waals surface area contributed by atoms with Crippen LogP contribution in [0.5, 0.6) is 0 Å².